The topological polar surface area (TPSA) is 41.6 Å². The number of nitrogens with zero attached hydrogens (tertiary/aromatic N) is 1. The molecule has 0 spiro atoms. The predicted octanol–water partition coefficient (Wildman–Crippen LogP) is 2.64. The Balaban J connectivity index is 1.76. The van der Waals surface area contributed by atoms with Gasteiger partial charge in [-0.15, -0.1) is 0 Å². The number of benzene rings is 1. The molecule has 2 rings (SSSR count). The van der Waals surface area contributed by atoms with Crippen molar-refractivity contribution in [2.75, 3.05) is 20.1 Å². The Morgan fingerprint density at radius 3 is 2.80 bits per heavy atom. The summed E-state index contributed by atoms with van der Waals surface area (Å²) in [5.41, 5.74) is 1.01. The van der Waals surface area contributed by atoms with E-state index in [1.807, 2.05) is 30.3 Å². The van der Waals surface area contributed by atoms with Crippen LogP contribution in [0, 0.1) is 5.92 Å². The zero-order valence-corrected chi connectivity index (χ0v) is 12.3. The van der Waals surface area contributed by atoms with E-state index in [4.69, 9.17) is 4.74 Å². The third kappa shape index (κ3) is 4.53. The van der Waals surface area contributed by atoms with Crippen LogP contribution in [0.5, 0.6) is 0 Å². The summed E-state index contributed by atoms with van der Waals surface area (Å²) < 4.78 is 5.27. The van der Waals surface area contributed by atoms with E-state index in [1.54, 1.807) is 0 Å². The molecule has 110 valence electrons. The standard InChI is InChI=1S/C16H24N2O2/c1-3-13-9-15(11-18(2)10-13)17-16(19)20-12-14-7-5-4-6-8-14/h4-8,13,15H,3,9-12H2,1-2H3,(H,17,19). The minimum Gasteiger partial charge on any atom is -0.445 e. The van der Waals surface area contributed by atoms with Gasteiger partial charge in [-0.25, -0.2) is 4.79 Å². The normalized spacial score (nSPS) is 23.3. The van der Waals surface area contributed by atoms with Crippen LogP contribution < -0.4 is 5.32 Å². The van der Waals surface area contributed by atoms with Gasteiger partial charge in [-0.3, -0.25) is 0 Å². The van der Waals surface area contributed by atoms with Crippen LogP contribution in [0.2, 0.25) is 0 Å². The molecule has 1 heterocycles. The molecule has 4 nitrogen and oxygen atoms in total. The third-order valence-corrected chi connectivity index (χ3v) is 3.83. The van der Waals surface area contributed by atoms with Gasteiger partial charge in [0.15, 0.2) is 0 Å². The zero-order chi connectivity index (χ0) is 14.4. The minimum atomic E-state index is -0.316. The lowest BCUT2D eigenvalue weighted by Gasteiger charge is -2.35. The Morgan fingerprint density at radius 2 is 2.10 bits per heavy atom. The molecule has 0 aliphatic carbocycles. The number of likely N-dealkylation sites (N-methyl/N-ethyl adjacent to an activating group) is 1. The first-order valence-corrected chi connectivity index (χ1v) is 7.33. The number of alkyl carbamates (subject to hydrolysis) is 1. The van der Waals surface area contributed by atoms with Gasteiger partial charge in [0.05, 0.1) is 0 Å². The Morgan fingerprint density at radius 1 is 1.35 bits per heavy atom. The lowest BCUT2D eigenvalue weighted by atomic mass is 9.92. The van der Waals surface area contributed by atoms with Crippen LogP contribution in [0.3, 0.4) is 0 Å². The molecule has 1 saturated heterocycles. The van der Waals surface area contributed by atoms with Crippen LogP contribution in [0.4, 0.5) is 4.79 Å². The lowest BCUT2D eigenvalue weighted by molar-refractivity contribution is 0.118. The Labute approximate surface area is 121 Å². The molecule has 4 heteroatoms. The highest BCUT2D eigenvalue weighted by atomic mass is 16.5. The van der Waals surface area contributed by atoms with E-state index in [1.165, 1.54) is 0 Å². The monoisotopic (exact) mass is 276 g/mol. The Kier molecular flexibility index (Phi) is 5.41. The number of amides is 1. The molecule has 0 bridgehead atoms. The molecule has 1 aliphatic heterocycles. The number of hydrogen-bond acceptors (Lipinski definition) is 3. The zero-order valence-electron chi connectivity index (χ0n) is 12.3. The Bertz CT molecular complexity index is 422. The highest BCUT2D eigenvalue weighted by Crippen LogP contribution is 2.18. The number of carbonyl (C=O) groups excluding carboxylic acids is 1. The van der Waals surface area contributed by atoms with Crippen molar-refractivity contribution in [2.45, 2.75) is 32.4 Å². The van der Waals surface area contributed by atoms with Crippen molar-refractivity contribution in [3.63, 3.8) is 0 Å². The van der Waals surface area contributed by atoms with E-state index in [-0.39, 0.29) is 12.1 Å². The quantitative estimate of drug-likeness (QED) is 0.919. The lowest BCUT2D eigenvalue weighted by Crippen LogP contribution is -2.49. The maximum atomic E-state index is 11.8. The average molecular weight is 276 g/mol. The van der Waals surface area contributed by atoms with Crippen LogP contribution in [0.1, 0.15) is 25.3 Å². The van der Waals surface area contributed by atoms with Gasteiger partial charge in [0.2, 0.25) is 0 Å². The van der Waals surface area contributed by atoms with E-state index in [0.29, 0.717) is 12.5 Å². The molecule has 1 aromatic rings. The smallest absolute Gasteiger partial charge is 0.407 e. The van der Waals surface area contributed by atoms with Crippen molar-refractivity contribution in [1.29, 1.82) is 0 Å². The summed E-state index contributed by atoms with van der Waals surface area (Å²) in [6.07, 6.45) is 1.88. The number of nitrogens with one attached hydrogen (secondary N) is 1. The first-order chi connectivity index (χ1) is 9.67. The molecule has 1 N–H and O–H groups in total. The van der Waals surface area contributed by atoms with Crippen molar-refractivity contribution in [2.24, 2.45) is 5.92 Å². The van der Waals surface area contributed by atoms with Crippen molar-refractivity contribution in [3.8, 4) is 0 Å². The van der Waals surface area contributed by atoms with Gasteiger partial charge in [0.25, 0.3) is 0 Å². The van der Waals surface area contributed by atoms with Crippen LogP contribution in [-0.4, -0.2) is 37.2 Å². The molecule has 0 aromatic heterocycles. The summed E-state index contributed by atoms with van der Waals surface area (Å²) >= 11 is 0. The number of piperidine rings is 1. The molecule has 1 aliphatic rings. The van der Waals surface area contributed by atoms with Gasteiger partial charge >= 0.3 is 6.09 Å². The SMILES string of the molecule is CCC1CC(NC(=O)OCc2ccccc2)CN(C)C1. The van der Waals surface area contributed by atoms with Crippen molar-refractivity contribution < 1.29 is 9.53 Å². The third-order valence-electron chi connectivity index (χ3n) is 3.83. The number of likely N-dealkylation sites (tertiary alicyclic amines) is 1. The van der Waals surface area contributed by atoms with Crippen molar-refractivity contribution in [3.05, 3.63) is 35.9 Å². The summed E-state index contributed by atoms with van der Waals surface area (Å²) in [6.45, 7) is 4.55. The second-order valence-corrected chi connectivity index (χ2v) is 5.63. The van der Waals surface area contributed by atoms with E-state index >= 15 is 0 Å². The maximum absolute atomic E-state index is 11.8. The highest BCUT2D eigenvalue weighted by Gasteiger charge is 2.25. The molecule has 2 atom stereocenters. The largest absolute Gasteiger partial charge is 0.445 e. The second-order valence-electron chi connectivity index (χ2n) is 5.63. The highest BCUT2D eigenvalue weighted by molar-refractivity contribution is 5.67. The summed E-state index contributed by atoms with van der Waals surface area (Å²) in [7, 11) is 2.10. The molecule has 2 unspecified atom stereocenters. The van der Waals surface area contributed by atoms with Gasteiger partial charge < -0.3 is 15.0 Å². The van der Waals surface area contributed by atoms with Crippen molar-refractivity contribution in [1.82, 2.24) is 10.2 Å². The minimum absolute atomic E-state index is 0.196. The first kappa shape index (κ1) is 14.9. The van der Waals surface area contributed by atoms with Crippen LogP contribution in [-0.2, 0) is 11.3 Å². The molecule has 0 saturated carbocycles. The summed E-state index contributed by atoms with van der Waals surface area (Å²) in [5.74, 6) is 0.660. The number of carbonyl (C=O) groups is 1. The predicted molar refractivity (Wildman–Crippen MR) is 79.4 cm³/mol. The fourth-order valence-corrected chi connectivity index (χ4v) is 2.77. The van der Waals surface area contributed by atoms with Gasteiger partial charge in [0.1, 0.15) is 6.61 Å². The molecule has 1 aromatic carbocycles. The molecule has 0 radical (unpaired) electrons. The fourth-order valence-electron chi connectivity index (χ4n) is 2.77. The van der Waals surface area contributed by atoms with Gasteiger partial charge in [-0.2, -0.15) is 0 Å². The van der Waals surface area contributed by atoms with E-state index in [2.05, 4.69) is 24.2 Å². The summed E-state index contributed by atoms with van der Waals surface area (Å²) in [6, 6.07) is 9.94. The van der Waals surface area contributed by atoms with Crippen LogP contribution in [0.25, 0.3) is 0 Å². The Hall–Kier alpha value is -1.55. The molecule has 1 amide bonds. The van der Waals surface area contributed by atoms with E-state index in [9.17, 15) is 4.79 Å². The van der Waals surface area contributed by atoms with E-state index in [0.717, 1.165) is 31.5 Å². The first-order valence-electron chi connectivity index (χ1n) is 7.33. The molecular weight excluding hydrogens is 252 g/mol. The fraction of sp³-hybridized carbons (Fsp3) is 0.562. The average Bonchev–Trinajstić information content (AvgIpc) is 2.45. The van der Waals surface area contributed by atoms with Crippen LogP contribution in [0.15, 0.2) is 30.3 Å². The number of ether oxygens (including phenoxy) is 1. The summed E-state index contributed by atoms with van der Waals surface area (Å²) in [5, 5.41) is 2.98. The maximum Gasteiger partial charge on any atom is 0.407 e. The van der Waals surface area contributed by atoms with Crippen LogP contribution >= 0.6 is 0 Å². The van der Waals surface area contributed by atoms with E-state index < -0.39 is 0 Å². The van der Waals surface area contributed by atoms with Gasteiger partial charge in [-0.1, -0.05) is 43.7 Å². The van der Waals surface area contributed by atoms with Gasteiger partial charge in [0, 0.05) is 19.1 Å². The molecular formula is C16H24N2O2. The molecule has 20 heavy (non-hydrogen) atoms. The molecule has 1 fully saturated rings. The second kappa shape index (κ2) is 7.29. The van der Waals surface area contributed by atoms with Crippen molar-refractivity contribution >= 4 is 6.09 Å². The summed E-state index contributed by atoms with van der Waals surface area (Å²) in [4.78, 5) is 14.1. The van der Waals surface area contributed by atoms with Gasteiger partial charge in [-0.05, 0) is 24.9 Å². The number of hydrogen-bond donors (Lipinski definition) is 1. The number of rotatable bonds is 4.